The molecule has 1 fully saturated rings. The molecule has 0 aliphatic carbocycles. The van der Waals surface area contributed by atoms with Gasteiger partial charge in [0.1, 0.15) is 12.2 Å². The molecule has 0 aromatic rings. The van der Waals surface area contributed by atoms with Gasteiger partial charge in [-0.3, -0.25) is 9.69 Å². The summed E-state index contributed by atoms with van der Waals surface area (Å²) < 4.78 is 5.12. The first-order valence-corrected chi connectivity index (χ1v) is 4.98. The highest BCUT2D eigenvalue weighted by Crippen LogP contribution is 2.21. The Morgan fingerprint density at radius 2 is 2.07 bits per heavy atom. The Balaban J connectivity index is 2.51. The first-order chi connectivity index (χ1) is 6.85. The highest BCUT2D eigenvalue weighted by Gasteiger charge is 2.39. The van der Waals surface area contributed by atoms with Gasteiger partial charge in [0.25, 0.3) is 0 Å². The third kappa shape index (κ3) is 2.92. The summed E-state index contributed by atoms with van der Waals surface area (Å²) in [6.45, 7) is 5.31. The lowest BCUT2D eigenvalue weighted by Crippen LogP contribution is -2.56. The van der Waals surface area contributed by atoms with E-state index >= 15 is 0 Å². The lowest BCUT2D eigenvalue weighted by molar-refractivity contribution is -0.131. The molecule has 86 valence electrons. The average Bonchev–Trinajstić information content (AvgIpc) is 1.97. The van der Waals surface area contributed by atoms with Crippen molar-refractivity contribution in [1.82, 2.24) is 4.90 Å². The van der Waals surface area contributed by atoms with Crippen molar-refractivity contribution in [1.29, 1.82) is 0 Å². The molecular formula is C10H17NO4. The third-order valence-electron chi connectivity index (χ3n) is 2.18. The number of aliphatic hydroxyl groups is 1. The summed E-state index contributed by atoms with van der Waals surface area (Å²) in [5.41, 5.74) is -0.556. The number of hydrogen-bond donors (Lipinski definition) is 1. The second-order valence-corrected chi connectivity index (χ2v) is 4.60. The molecule has 1 saturated heterocycles. The molecule has 0 aromatic carbocycles. The minimum Gasteiger partial charge on any atom is -0.444 e. The summed E-state index contributed by atoms with van der Waals surface area (Å²) in [4.78, 5) is 24.1. The summed E-state index contributed by atoms with van der Waals surface area (Å²) in [7, 11) is 0. The van der Waals surface area contributed by atoms with Crippen LogP contribution in [0.1, 0.15) is 27.2 Å². The number of carbonyl (C=O) groups is 2. The zero-order valence-corrected chi connectivity index (χ0v) is 9.32. The normalized spacial score (nSPS) is 20.8. The Labute approximate surface area is 89.0 Å². The van der Waals surface area contributed by atoms with Gasteiger partial charge in [-0.1, -0.05) is 0 Å². The number of rotatable bonds is 2. The molecule has 0 saturated carbocycles. The van der Waals surface area contributed by atoms with Crippen LogP contribution in [0.2, 0.25) is 0 Å². The fourth-order valence-electron chi connectivity index (χ4n) is 1.37. The lowest BCUT2D eigenvalue weighted by atomic mass is 10.00. The molecular weight excluding hydrogens is 198 g/mol. The predicted molar refractivity (Wildman–Crippen MR) is 53.4 cm³/mol. The second kappa shape index (κ2) is 4.18. The number of nitrogens with zero attached hydrogens (tertiary/aromatic N) is 1. The van der Waals surface area contributed by atoms with Gasteiger partial charge in [-0.05, 0) is 27.2 Å². The number of ether oxygens (including phenoxy) is 1. The molecule has 1 aliphatic heterocycles. The molecule has 1 N–H and O–H groups in total. The fraction of sp³-hybridized carbons (Fsp3) is 0.800. The van der Waals surface area contributed by atoms with Crippen molar-refractivity contribution in [3.05, 3.63) is 0 Å². The minimum atomic E-state index is -0.556. The van der Waals surface area contributed by atoms with Crippen molar-refractivity contribution in [2.45, 2.75) is 38.8 Å². The van der Waals surface area contributed by atoms with E-state index in [0.29, 0.717) is 13.0 Å². The molecule has 1 unspecified atom stereocenters. The lowest BCUT2D eigenvalue weighted by Gasteiger charge is -2.39. The number of amides is 1. The number of ketones is 1. The fourth-order valence-corrected chi connectivity index (χ4v) is 1.37. The Kier molecular flexibility index (Phi) is 3.34. The zero-order chi connectivity index (χ0) is 11.6. The molecule has 0 radical (unpaired) electrons. The summed E-state index contributed by atoms with van der Waals surface area (Å²) in [5, 5.41) is 8.67. The van der Waals surface area contributed by atoms with Gasteiger partial charge in [-0.2, -0.15) is 0 Å². The minimum absolute atomic E-state index is 0.327. The smallest absolute Gasteiger partial charge is 0.410 e. The van der Waals surface area contributed by atoms with E-state index < -0.39 is 24.3 Å². The van der Waals surface area contributed by atoms with Gasteiger partial charge in [0, 0.05) is 6.54 Å². The number of Topliss-reactive ketones (excluding diaryl/α,β-unsaturated/α-hetero) is 1. The number of hydrogen-bond acceptors (Lipinski definition) is 4. The van der Waals surface area contributed by atoms with Gasteiger partial charge < -0.3 is 9.84 Å². The standard InChI is InChI=1S/C10H17NO4/c1-10(2,3)15-9(14)11-5-4-7(11)8(13)6-12/h7,12H,4-6H2,1-3H3. The molecule has 15 heavy (non-hydrogen) atoms. The van der Waals surface area contributed by atoms with Crippen molar-refractivity contribution >= 4 is 11.9 Å². The predicted octanol–water partition coefficient (Wildman–Crippen LogP) is 0.557. The van der Waals surface area contributed by atoms with E-state index in [2.05, 4.69) is 0 Å². The maximum Gasteiger partial charge on any atom is 0.410 e. The van der Waals surface area contributed by atoms with Crippen LogP contribution in [0, 0.1) is 0 Å². The molecule has 0 bridgehead atoms. The van der Waals surface area contributed by atoms with E-state index in [1.54, 1.807) is 20.8 Å². The summed E-state index contributed by atoms with van der Waals surface area (Å²) >= 11 is 0. The number of carbonyl (C=O) groups excluding carboxylic acids is 2. The van der Waals surface area contributed by atoms with Crippen LogP contribution in [-0.2, 0) is 9.53 Å². The molecule has 1 amide bonds. The number of likely N-dealkylation sites (tertiary alicyclic amines) is 1. The summed E-state index contributed by atoms with van der Waals surface area (Å²) in [6.07, 6.45) is 0.124. The molecule has 5 nitrogen and oxygen atoms in total. The molecule has 0 spiro atoms. The second-order valence-electron chi connectivity index (χ2n) is 4.60. The highest BCUT2D eigenvalue weighted by atomic mass is 16.6. The van der Waals surface area contributed by atoms with Crippen molar-refractivity contribution in [3.8, 4) is 0 Å². The molecule has 1 rings (SSSR count). The summed E-state index contributed by atoms with van der Waals surface area (Å²) in [6, 6.07) is -0.496. The Bertz CT molecular complexity index is 269. The quantitative estimate of drug-likeness (QED) is 0.730. The molecule has 1 atom stereocenters. The van der Waals surface area contributed by atoms with Gasteiger partial charge in [-0.25, -0.2) is 4.79 Å². The third-order valence-corrected chi connectivity index (χ3v) is 2.18. The SMILES string of the molecule is CC(C)(C)OC(=O)N1CCC1C(=O)CO. The van der Waals surface area contributed by atoms with Crippen molar-refractivity contribution < 1.29 is 19.4 Å². The first-order valence-electron chi connectivity index (χ1n) is 4.98. The van der Waals surface area contributed by atoms with Gasteiger partial charge in [0.2, 0.25) is 0 Å². The van der Waals surface area contributed by atoms with E-state index in [9.17, 15) is 9.59 Å². The topological polar surface area (TPSA) is 66.8 Å². The molecule has 1 heterocycles. The molecule has 5 heteroatoms. The van der Waals surface area contributed by atoms with Gasteiger partial charge in [-0.15, -0.1) is 0 Å². The largest absolute Gasteiger partial charge is 0.444 e. The maximum atomic E-state index is 11.5. The van der Waals surface area contributed by atoms with E-state index in [-0.39, 0.29) is 5.78 Å². The van der Waals surface area contributed by atoms with Crippen LogP contribution in [0.4, 0.5) is 4.79 Å². The van der Waals surface area contributed by atoms with Crippen molar-refractivity contribution in [3.63, 3.8) is 0 Å². The van der Waals surface area contributed by atoms with E-state index in [1.807, 2.05) is 0 Å². The maximum absolute atomic E-state index is 11.5. The van der Waals surface area contributed by atoms with Crippen LogP contribution in [0.3, 0.4) is 0 Å². The Morgan fingerprint density at radius 3 is 2.40 bits per heavy atom. The van der Waals surface area contributed by atoms with Gasteiger partial charge in [0.05, 0.1) is 6.04 Å². The Morgan fingerprint density at radius 1 is 1.47 bits per heavy atom. The summed E-state index contributed by atoms with van der Waals surface area (Å²) in [5.74, 6) is -0.327. The van der Waals surface area contributed by atoms with E-state index in [1.165, 1.54) is 4.90 Å². The van der Waals surface area contributed by atoms with Crippen LogP contribution in [-0.4, -0.2) is 46.7 Å². The van der Waals surface area contributed by atoms with Gasteiger partial charge >= 0.3 is 6.09 Å². The van der Waals surface area contributed by atoms with Crippen LogP contribution in [0.15, 0.2) is 0 Å². The monoisotopic (exact) mass is 215 g/mol. The van der Waals surface area contributed by atoms with Crippen LogP contribution in [0.25, 0.3) is 0 Å². The number of aliphatic hydroxyl groups excluding tert-OH is 1. The first kappa shape index (κ1) is 12.0. The zero-order valence-electron chi connectivity index (χ0n) is 9.32. The molecule has 1 aliphatic rings. The highest BCUT2D eigenvalue weighted by molar-refractivity contribution is 5.89. The van der Waals surface area contributed by atoms with Crippen LogP contribution in [0.5, 0.6) is 0 Å². The average molecular weight is 215 g/mol. The van der Waals surface area contributed by atoms with Crippen molar-refractivity contribution in [2.24, 2.45) is 0 Å². The van der Waals surface area contributed by atoms with E-state index in [0.717, 1.165) is 0 Å². The van der Waals surface area contributed by atoms with Crippen molar-refractivity contribution in [2.75, 3.05) is 13.2 Å². The van der Waals surface area contributed by atoms with Crippen LogP contribution < -0.4 is 0 Å². The van der Waals surface area contributed by atoms with Crippen LogP contribution >= 0.6 is 0 Å². The molecule has 0 aromatic heterocycles. The van der Waals surface area contributed by atoms with Gasteiger partial charge in [0.15, 0.2) is 5.78 Å². The Hall–Kier alpha value is -1.10. The van der Waals surface area contributed by atoms with E-state index in [4.69, 9.17) is 9.84 Å².